The van der Waals surface area contributed by atoms with Crippen LogP contribution in [0.1, 0.15) is 40.0 Å². The Morgan fingerprint density at radius 3 is 2.47 bits per heavy atom. The summed E-state index contributed by atoms with van der Waals surface area (Å²) in [5, 5.41) is 10.0. The van der Waals surface area contributed by atoms with Crippen LogP contribution in [0.2, 0.25) is 0 Å². The molecule has 1 aliphatic carbocycles. The lowest BCUT2D eigenvalue weighted by Crippen LogP contribution is -2.36. The van der Waals surface area contributed by atoms with Crippen molar-refractivity contribution in [2.24, 2.45) is 23.7 Å². The molecule has 4 unspecified atom stereocenters. The van der Waals surface area contributed by atoms with Crippen LogP contribution in [-0.4, -0.2) is 24.9 Å². The summed E-state index contributed by atoms with van der Waals surface area (Å²) in [7, 11) is 1.74. The van der Waals surface area contributed by atoms with Crippen molar-refractivity contribution in [3.8, 4) is 0 Å². The average molecular weight is 214 g/mol. The molecule has 90 valence electrons. The van der Waals surface area contributed by atoms with Crippen molar-refractivity contribution >= 4 is 0 Å². The van der Waals surface area contributed by atoms with Gasteiger partial charge in [0.15, 0.2) is 0 Å². The molecule has 0 aromatic heterocycles. The first-order valence-electron chi connectivity index (χ1n) is 6.23. The van der Waals surface area contributed by atoms with Gasteiger partial charge in [0.25, 0.3) is 0 Å². The molecule has 1 saturated carbocycles. The van der Waals surface area contributed by atoms with Crippen LogP contribution in [0.3, 0.4) is 0 Å². The minimum Gasteiger partial charge on any atom is -0.393 e. The monoisotopic (exact) mass is 214 g/mol. The van der Waals surface area contributed by atoms with Crippen LogP contribution in [0, 0.1) is 23.7 Å². The number of methoxy groups -OCH3 is 1. The molecule has 15 heavy (non-hydrogen) atoms. The minimum atomic E-state index is -0.106. The van der Waals surface area contributed by atoms with Crippen molar-refractivity contribution in [3.63, 3.8) is 0 Å². The van der Waals surface area contributed by atoms with E-state index in [1.165, 1.54) is 12.8 Å². The summed E-state index contributed by atoms with van der Waals surface area (Å²) in [6, 6.07) is 0. The second-order valence-corrected chi connectivity index (χ2v) is 5.48. The first-order chi connectivity index (χ1) is 7.06. The van der Waals surface area contributed by atoms with E-state index in [0.29, 0.717) is 11.8 Å². The van der Waals surface area contributed by atoms with Gasteiger partial charge in [0.1, 0.15) is 0 Å². The number of rotatable bonds is 4. The number of hydrogen-bond donors (Lipinski definition) is 1. The van der Waals surface area contributed by atoms with Gasteiger partial charge in [-0.15, -0.1) is 0 Å². The van der Waals surface area contributed by atoms with Gasteiger partial charge in [-0.25, -0.2) is 0 Å². The van der Waals surface area contributed by atoms with Gasteiger partial charge in [0.2, 0.25) is 0 Å². The normalized spacial score (nSPS) is 34.4. The van der Waals surface area contributed by atoms with Crippen LogP contribution >= 0.6 is 0 Å². The molecule has 0 bridgehead atoms. The molecule has 0 radical (unpaired) electrons. The second kappa shape index (κ2) is 5.86. The van der Waals surface area contributed by atoms with E-state index >= 15 is 0 Å². The van der Waals surface area contributed by atoms with E-state index in [1.54, 1.807) is 7.11 Å². The molecule has 0 aromatic rings. The summed E-state index contributed by atoms with van der Waals surface area (Å²) in [5.41, 5.74) is 0. The highest BCUT2D eigenvalue weighted by molar-refractivity contribution is 4.83. The molecule has 0 saturated heterocycles. The van der Waals surface area contributed by atoms with Crippen LogP contribution in [0.5, 0.6) is 0 Å². The summed E-state index contributed by atoms with van der Waals surface area (Å²) >= 11 is 0. The molecular weight excluding hydrogens is 188 g/mol. The second-order valence-electron chi connectivity index (χ2n) is 5.48. The van der Waals surface area contributed by atoms with E-state index in [1.807, 2.05) is 0 Å². The zero-order valence-corrected chi connectivity index (χ0v) is 10.6. The van der Waals surface area contributed by atoms with Crippen molar-refractivity contribution in [2.45, 2.75) is 46.1 Å². The Balaban J connectivity index is 2.52. The largest absolute Gasteiger partial charge is 0.393 e. The lowest BCUT2D eigenvalue weighted by Gasteiger charge is -2.38. The molecular formula is C13H26O2. The third-order valence-corrected chi connectivity index (χ3v) is 4.01. The lowest BCUT2D eigenvalue weighted by molar-refractivity contribution is -0.00822. The van der Waals surface area contributed by atoms with E-state index in [2.05, 4.69) is 20.8 Å². The molecule has 2 heteroatoms. The molecule has 4 atom stereocenters. The highest BCUT2D eigenvalue weighted by atomic mass is 16.5. The predicted octanol–water partition coefficient (Wildman–Crippen LogP) is 2.70. The Morgan fingerprint density at radius 2 is 1.93 bits per heavy atom. The van der Waals surface area contributed by atoms with Crippen LogP contribution in [0.4, 0.5) is 0 Å². The zero-order chi connectivity index (χ0) is 11.4. The molecule has 1 fully saturated rings. The zero-order valence-electron chi connectivity index (χ0n) is 10.6. The first-order valence-corrected chi connectivity index (χ1v) is 6.23. The van der Waals surface area contributed by atoms with Crippen molar-refractivity contribution in [1.29, 1.82) is 0 Å². The number of ether oxygens (including phenoxy) is 1. The van der Waals surface area contributed by atoms with Crippen molar-refractivity contribution in [2.75, 3.05) is 13.7 Å². The molecule has 1 rings (SSSR count). The molecule has 0 spiro atoms. The van der Waals surface area contributed by atoms with E-state index in [4.69, 9.17) is 4.74 Å². The van der Waals surface area contributed by atoms with Crippen LogP contribution in [0.25, 0.3) is 0 Å². The van der Waals surface area contributed by atoms with E-state index in [9.17, 15) is 5.11 Å². The third kappa shape index (κ3) is 3.46. The quantitative estimate of drug-likeness (QED) is 0.779. The fraction of sp³-hybridized carbons (Fsp3) is 1.00. The van der Waals surface area contributed by atoms with Gasteiger partial charge in [0, 0.05) is 13.7 Å². The number of aliphatic hydroxyl groups excluding tert-OH is 1. The van der Waals surface area contributed by atoms with Gasteiger partial charge < -0.3 is 9.84 Å². The van der Waals surface area contributed by atoms with Crippen LogP contribution in [0.15, 0.2) is 0 Å². The Bertz CT molecular complexity index is 179. The summed E-state index contributed by atoms with van der Waals surface area (Å²) < 4.78 is 5.19. The fourth-order valence-corrected chi connectivity index (χ4v) is 2.83. The maximum Gasteiger partial charge on any atom is 0.0572 e. The maximum absolute atomic E-state index is 10.0. The van der Waals surface area contributed by atoms with E-state index < -0.39 is 0 Å². The van der Waals surface area contributed by atoms with E-state index in [-0.39, 0.29) is 6.10 Å². The molecule has 2 nitrogen and oxygen atoms in total. The SMILES string of the molecule is COCC(C)C1CC(C(C)C)CCC1O. The Labute approximate surface area is 94.0 Å². The van der Waals surface area contributed by atoms with Crippen molar-refractivity contribution in [3.05, 3.63) is 0 Å². The van der Waals surface area contributed by atoms with Gasteiger partial charge in [0.05, 0.1) is 6.10 Å². The van der Waals surface area contributed by atoms with Crippen LogP contribution < -0.4 is 0 Å². The van der Waals surface area contributed by atoms with Gasteiger partial charge >= 0.3 is 0 Å². The highest BCUT2D eigenvalue weighted by Gasteiger charge is 2.33. The third-order valence-electron chi connectivity index (χ3n) is 4.01. The van der Waals surface area contributed by atoms with Crippen LogP contribution in [-0.2, 0) is 4.74 Å². The molecule has 1 aliphatic rings. The van der Waals surface area contributed by atoms with Gasteiger partial charge in [-0.05, 0) is 42.9 Å². The maximum atomic E-state index is 10.0. The summed E-state index contributed by atoms with van der Waals surface area (Å²) in [5.74, 6) is 2.45. The standard InChI is InChI=1S/C13H26O2/c1-9(2)11-5-6-13(14)12(7-11)10(3)8-15-4/h9-14H,5-8H2,1-4H3. The van der Waals surface area contributed by atoms with Crippen molar-refractivity contribution in [1.82, 2.24) is 0 Å². The molecule has 0 amide bonds. The Kier molecular flexibility index (Phi) is 5.07. The Morgan fingerprint density at radius 1 is 1.27 bits per heavy atom. The van der Waals surface area contributed by atoms with Gasteiger partial charge in [-0.1, -0.05) is 20.8 Å². The number of aliphatic hydroxyl groups is 1. The predicted molar refractivity (Wildman–Crippen MR) is 62.7 cm³/mol. The smallest absolute Gasteiger partial charge is 0.0572 e. The molecule has 0 heterocycles. The summed E-state index contributed by atoms with van der Waals surface area (Å²) in [4.78, 5) is 0. The molecule has 1 N–H and O–H groups in total. The lowest BCUT2D eigenvalue weighted by atomic mass is 9.71. The van der Waals surface area contributed by atoms with Gasteiger partial charge in [-0.3, -0.25) is 0 Å². The van der Waals surface area contributed by atoms with Crippen molar-refractivity contribution < 1.29 is 9.84 Å². The summed E-state index contributed by atoms with van der Waals surface area (Å²) in [6.45, 7) is 7.55. The van der Waals surface area contributed by atoms with Gasteiger partial charge in [-0.2, -0.15) is 0 Å². The number of hydrogen-bond acceptors (Lipinski definition) is 2. The van der Waals surface area contributed by atoms with E-state index in [0.717, 1.165) is 24.9 Å². The fourth-order valence-electron chi connectivity index (χ4n) is 2.83. The molecule has 0 aromatic carbocycles. The first kappa shape index (κ1) is 13.0. The highest BCUT2D eigenvalue weighted by Crippen LogP contribution is 2.37. The molecule has 0 aliphatic heterocycles. The summed E-state index contributed by atoms with van der Waals surface area (Å²) in [6.07, 6.45) is 3.23. The topological polar surface area (TPSA) is 29.5 Å². The Hall–Kier alpha value is -0.0800. The average Bonchev–Trinajstić information content (AvgIpc) is 2.18. The minimum absolute atomic E-state index is 0.106.